The first-order chi connectivity index (χ1) is 17.5. The number of hydrogen-bond acceptors (Lipinski definition) is 3. The number of halogens is 2. The molecule has 0 unspecified atom stereocenters. The van der Waals surface area contributed by atoms with Crippen molar-refractivity contribution in [2.75, 3.05) is 6.61 Å². The second-order valence-corrected chi connectivity index (χ2v) is 9.43. The zero-order valence-corrected chi connectivity index (χ0v) is 20.8. The van der Waals surface area contributed by atoms with Gasteiger partial charge in [0.25, 0.3) is 5.91 Å². The van der Waals surface area contributed by atoms with Crippen LogP contribution in [0.5, 0.6) is 5.75 Å². The van der Waals surface area contributed by atoms with Crippen LogP contribution < -0.4 is 10.1 Å². The summed E-state index contributed by atoms with van der Waals surface area (Å²) in [6, 6.07) is 22.1. The van der Waals surface area contributed by atoms with Crippen molar-refractivity contribution in [2.45, 2.75) is 50.7 Å². The molecule has 36 heavy (non-hydrogen) atoms. The highest BCUT2D eigenvalue weighted by Gasteiger charge is 2.32. The van der Waals surface area contributed by atoms with Crippen molar-refractivity contribution in [3.05, 3.63) is 101 Å². The van der Waals surface area contributed by atoms with E-state index in [0.29, 0.717) is 17.0 Å². The molecule has 188 valence electrons. The Hall–Kier alpha value is -3.38. The zero-order valence-electron chi connectivity index (χ0n) is 20.0. The fourth-order valence-electron chi connectivity index (χ4n) is 4.52. The fraction of sp³-hybridized carbons (Fsp3) is 0.310. The summed E-state index contributed by atoms with van der Waals surface area (Å²) in [5.74, 6) is -1.21. The molecular formula is C29H30ClFN2O3. The van der Waals surface area contributed by atoms with E-state index in [9.17, 15) is 14.0 Å². The summed E-state index contributed by atoms with van der Waals surface area (Å²) < 4.78 is 19.6. The second kappa shape index (κ2) is 12.5. The Kier molecular flexibility index (Phi) is 8.95. The van der Waals surface area contributed by atoms with E-state index < -0.39 is 24.4 Å². The number of carbonyl (C=O) groups is 2. The van der Waals surface area contributed by atoms with Crippen molar-refractivity contribution < 1.29 is 18.7 Å². The van der Waals surface area contributed by atoms with Crippen LogP contribution in [0.3, 0.4) is 0 Å². The fourth-order valence-corrected chi connectivity index (χ4v) is 4.71. The minimum atomic E-state index is -0.791. The predicted molar refractivity (Wildman–Crippen MR) is 138 cm³/mol. The molecule has 7 heteroatoms. The van der Waals surface area contributed by atoms with Crippen LogP contribution in [-0.2, 0) is 22.6 Å². The van der Waals surface area contributed by atoms with Gasteiger partial charge in [-0.25, -0.2) is 4.39 Å². The molecule has 2 amide bonds. The van der Waals surface area contributed by atoms with Gasteiger partial charge in [0.2, 0.25) is 5.91 Å². The Morgan fingerprint density at radius 1 is 0.972 bits per heavy atom. The van der Waals surface area contributed by atoms with E-state index >= 15 is 0 Å². The summed E-state index contributed by atoms with van der Waals surface area (Å²) in [7, 11) is 0. The van der Waals surface area contributed by atoms with Gasteiger partial charge in [0.15, 0.2) is 18.2 Å². The lowest BCUT2D eigenvalue weighted by Gasteiger charge is -2.32. The van der Waals surface area contributed by atoms with Crippen molar-refractivity contribution in [3.8, 4) is 5.75 Å². The van der Waals surface area contributed by atoms with Crippen molar-refractivity contribution >= 4 is 23.4 Å². The smallest absolute Gasteiger partial charge is 0.261 e. The van der Waals surface area contributed by atoms with Gasteiger partial charge < -0.3 is 15.0 Å². The summed E-state index contributed by atoms with van der Waals surface area (Å²) in [6.07, 6.45) is 4.34. The minimum Gasteiger partial charge on any atom is -0.481 e. The van der Waals surface area contributed by atoms with Crippen molar-refractivity contribution in [1.82, 2.24) is 10.2 Å². The monoisotopic (exact) mass is 508 g/mol. The third-order valence-electron chi connectivity index (χ3n) is 6.46. The summed E-state index contributed by atoms with van der Waals surface area (Å²) in [5.41, 5.74) is 1.64. The highest BCUT2D eigenvalue weighted by Crippen LogP contribution is 2.23. The van der Waals surface area contributed by atoms with Gasteiger partial charge in [0.1, 0.15) is 6.04 Å². The number of benzene rings is 3. The van der Waals surface area contributed by atoms with Crippen LogP contribution in [0, 0.1) is 5.82 Å². The number of nitrogens with zero attached hydrogens (tertiary/aromatic N) is 1. The molecule has 0 aromatic heterocycles. The topological polar surface area (TPSA) is 58.6 Å². The average Bonchev–Trinajstić information content (AvgIpc) is 3.40. The maximum atomic E-state index is 14.1. The Labute approximate surface area is 216 Å². The van der Waals surface area contributed by atoms with Crippen molar-refractivity contribution in [3.63, 3.8) is 0 Å². The molecule has 3 aromatic rings. The van der Waals surface area contributed by atoms with Crippen LogP contribution in [0.2, 0.25) is 5.02 Å². The van der Waals surface area contributed by atoms with Gasteiger partial charge >= 0.3 is 0 Å². The lowest BCUT2D eigenvalue weighted by Crippen LogP contribution is -2.53. The van der Waals surface area contributed by atoms with Crippen LogP contribution in [0.15, 0.2) is 78.9 Å². The second-order valence-electron chi connectivity index (χ2n) is 9.03. The van der Waals surface area contributed by atoms with Gasteiger partial charge in [-0.3, -0.25) is 9.59 Å². The molecule has 4 rings (SSSR count). The zero-order chi connectivity index (χ0) is 25.3. The average molecular weight is 509 g/mol. The molecule has 0 aliphatic heterocycles. The number of nitrogens with one attached hydrogen (secondary N) is 1. The van der Waals surface area contributed by atoms with E-state index in [1.807, 2.05) is 48.5 Å². The molecule has 1 fully saturated rings. The number of carbonyl (C=O) groups excluding carboxylic acids is 2. The summed E-state index contributed by atoms with van der Waals surface area (Å²) in [6.45, 7) is -0.290. The first-order valence-corrected chi connectivity index (χ1v) is 12.6. The van der Waals surface area contributed by atoms with E-state index in [1.54, 1.807) is 18.2 Å². The van der Waals surface area contributed by atoms with E-state index in [-0.39, 0.29) is 24.2 Å². The van der Waals surface area contributed by atoms with E-state index in [4.69, 9.17) is 16.3 Å². The van der Waals surface area contributed by atoms with Crippen LogP contribution in [0.4, 0.5) is 4.39 Å². The number of para-hydroxylation sites is 1. The number of amides is 2. The third-order valence-corrected chi connectivity index (χ3v) is 6.83. The molecule has 0 bridgehead atoms. The quantitative estimate of drug-likeness (QED) is 0.390. The standard InChI is InChI=1S/C29H30ClFN2O3/c30-24-15-7-4-12-22(24)19-33(28(34)20-36-27-17-9-8-16-25(27)31)26(18-21-10-2-1-3-11-21)29(35)32-23-13-5-6-14-23/h1-4,7-12,15-17,23,26H,5-6,13-14,18-20H2,(H,32,35)/t26-/m1/s1. The minimum absolute atomic E-state index is 0.0152. The molecule has 1 aliphatic carbocycles. The van der Waals surface area contributed by atoms with Gasteiger partial charge in [-0.1, -0.05) is 85.1 Å². The third kappa shape index (κ3) is 6.85. The first-order valence-electron chi connectivity index (χ1n) is 12.3. The molecule has 1 N–H and O–H groups in total. The van der Waals surface area contributed by atoms with Gasteiger partial charge in [-0.05, 0) is 42.2 Å². The highest BCUT2D eigenvalue weighted by molar-refractivity contribution is 6.31. The Morgan fingerprint density at radius 2 is 1.64 bits per heavy atom. The maximum absolute atomic E-state index is 14.1. The largest absolute Gasteiger partial charge is 0.481 e. The van der Waals surface area contributed by atoms with E-state index in [2.05, 4.69) is 5.32 Å². The molecule has 0 radical (unpaired) electrons. The molecule has 0 heterocycles. The summed E-state index contributed by atoms with van der Waals surface area (Å²) in [4.78, 5) is 28.7. The Bertz CT molecular complexity index is 1170. The van der Waals surface area contributed by atoms with E-state index in [1.165, 1.54) is 17.0 Å². The van der Waals surface area contributed by atoms with Crippen LogP contribution in [0.1, 0.15) is 36.8 Å². The molecule has 3 aromatic carbocycles. The normalized spacial score (nSPS) is 14.3. The highest BCUT2D eigenvalue weighted by atomic mass is 35.5. The van der Waals surface area contributed by atoms with Gasteiger partial charge in [0, 0.05) is 24.0 Å². The maximum Gasteiger partial charge on any atom is 0.261 e. The molecule has 1 atom stereocenters. The molecular weight excluding hydrogens is 479 g/mol. The first kappa shape index (κ1) is 25.7. The van der Waals surface area contributed by atoms with Gasteiger partial charge in [0.05, 0.1) is 0 Å². The molecule has 0 saturated heterocycles. The molecule has 5 nitrogen and oxygen atoms in total. The lowest BCUT2D eigenvalue weighted by molar-refractivity contribution is -0.143. The molecule has 1 saturated carbocycles. The molecule has 0 spiro atoms. The lowest BCUT2D eigenvalue weighted by atomic mass is 10.0. The van der Waals surface area contributed by atoms with Crippen LogP contribution in [0.25, 0.3) is 0 Å². The van der Waals surface area contributed by atoms with E-state index in [0.717, 1.165) is 31.2 Å². The van der Waals surface area contributed by atoms with Gasteiger partial charge in [-0.15, -0.1) is 0 Å². The molecule has 1 aliphatic rings. The van der Waals surface area contributed by atoms with Gasteiger partial charge in [-0.2, -0.15) is 0 Å². The SMILES string of the molecule is O=C(NC1CCCC1)[C@@H](Cc1ccccc1)N(Cc1ccccc1Cl)C(=O)COc1ccccc1F. The Morgan fingerprint density at radius 3 is 2.36 bits per heavy atom. The number of ether oxygens (including phenoxy) is 1. The number of hydrogen-bond donors (Lipinski definition) is 1. The Balaban J connectivity index is 1.63. The van der Waals surface area contributed by atoms with Crippen LogP contribution in [-0.4, -0.2) is 35.4 Å². The predicted octanol–water partition coefficient (Wildman–Crippen LogP) is 5.56. The van der Waals surface area contributed by atoms with Crippen LogP contribution >= 0.6 is 11.6 Å². The van der Waals surface area contributed by atoms with Crippen molar-refractivity contribution in [2.24, 2.45) is 0 Å². The summed E-state index contributed by atoms with van der Waals surface area (Å²) in [5, 5.41) is 3.65. The summed E-state index contributed by atoms with van der Waals surface area (Å²) >= 11 is 6.43. The number of rotatable bonds is 10. The van der Waals surface area contributed by atoms with Crippen molar-refractivity contribution in [1.29, 1.82) is 0 Å².